The van der Waals surface area contributed by atoms with Gasteiger partial charge in [-0.3, -0.25) is 15.6 Å². The van der Waals surface area contributed by atoms with E-state index in [9.17, 15) is 14.4 Å². The Kier molecular flexibility index (Phi) is 10.4. The van der Waals surface area contributed by atoms with Crippen molar-refractivity contribution < 1.29 is 33.3 Å². The number of hydrogen-bond acceptors (Lipinski definition) is 11. The van der Waals surface area contributed by atoms with Gasteiger partial charge < -0.3 is 18.9 Å². The van der Waals surface area contributed by atoms with Crippen LogP contribution in [0.4, 0.5) is 11.4 Å². The minimum absolute atomic E-state index is 0.192. The van der Waals surface area contributed by atoms with Crippen molar-refractivity contribution in [1.82, 2.24) is 0 Å². The van der Waals surface area contributed by atoms with E-state index in [1.807, 2.05) is 24.3 Å². The topological polar surface area (TPSA) is 137 Å². The third-order valence-electron chi connectivity index (χ3n) is 4.54. The van der Waals surface area contributed by atoms with Gasteiger partial charge in [0.2, 0.25) is 0 Å². The largest absolute Gasteiger partial charge is 0.497 e. The van der Waals surface area contributed by atoms with E-state index in [-0.39, 0.29) is 5.57 Å². The van der Waals surface area contributed by atoms with Crippen LogP contribution in [0.2, 0.25) is 0 Å². The monoisotopic (exact) mass is 510 g/mol. The first-order valence-corrected chi connectivity index (χ1v) is 11.1. The molecular formula is C26H30N4O7. The number of rotatable bonds is 8. The van der Waals surface area contributed by atoms with Crippen molar-refractivity contribution >= 4 is 41.0 Å². The number of methoxy groups -OCH3 is 2. The van der Waals surface area contributed by atoms with Gasteiger partial charge in [0.1, 0.15) is 17.1 Å². The highest BCUT2D eigenvalue weighted by atomic mass is 16.7. The summed E-state index contributed by atoms with van der Waals surface area (Å²) in [4.78, 5) is 33.9. The maximum absolute atomic E-state index is 11.8. The standard InChI is InChI=1S/C16H18N2O5.C10H12N2O2/c1-10(17-18-11-5-7-12(21-4)8-6-11)9-13-14(19)22-16(2,3)23-15(13)20;1-8(7-13)11-12-9-3-5-10(14-2)6-4-9/h5-9,18H,1-4H3;3-7,12H,1-2H3/b17-10-;11-8-. The molecule has 0 saturated carbocycles. The lowest BCUT2D eigenvalue weighted by atomic mass is 10.2. The Morgan fingerprint density at radius 3 is 1.57 bits per heavy atom. The Morgan fingerprint density at radius 2 is 1.19 bits per heavy atom. The summed E-state index contributed by atoms with van der Waals surface area (Å²) in [6.07, 6.45) is 2.01. The number of hydrogen-bond donors (Lipinski definition) is 2. The number of benzene rings is 2. The van der Waals surface area contributed by atoms with Crippen molar-refractivity contribution in [2.24, 2.45) is 10.2 Å². The molecule has 0 atom stereocenters. The molecule has 0 amide bonds. The third kappa shape index (κ3) is 9.48. The van der Waals surface area contributed by atoms with Crippen molar-refractivity contribution in [2.45, 2.75) is 33.5 Å². The number of aldehydes is 1. The quantitative estimate of drug-likeness (QED) is 0.135. The summed E-state index contributed by atoms with van der Waals surface area (Å²) < 4.78 is 20.1. The Morgan fingerprint density at radius 1 is 0.784 bits per heavy atom. The molecule has 1 saturated heterocycles. The summed E-state index contributed by atoms with van der Waals surface area (Å²) in [6, 6.07) is 14.4. The van der Waals surface area contributed by atoms with Gasteiger partial charge in [-0.25, -0.2) is 9.59 Å². The van der Waals surface area contributed by atoms with Crippen LogP contribution in [0.1, 0.15) is 27.7 Å². The highest BCUT2D eigenvalue weighted by Gasteiger charge is 2.38. The second-order valence-corrected chi connectivity index (χ2v) is 8.04. The Bertz CT molecular complexity index is 1160. The van der Waals surface area contributed by atoms with Gasteiger partial charge in [0.05, 0.1) is 37.0 Å². The average Bonchev–Trinajstić information content (AvgIpc) is 2.88. The number of esters is 2. The number of nitrogens with zero attached hydrogens (tertiary/aromatic N) is 2. The molecule has 0 radical (unpaired) electrons. The number of carbonyl (C=O) groups is 3. The Balaban J connectivity index is 0.000000294. The first-order chi connectivity index (χ1) is 17.6. The zero-order valence-corrected chi connectivity index (χ0v) is 21.5. The molecule has 2 aromatic carbocycles. The fourth-order valence-corrected chi connectivity index (χ4v) is 2.68. The molecule has 1 fully saturated rings. The van der Waals surface area contributed by atoms with Crippen molar-refractivity contribution in [3.63, 3.8) is 0 Å². The lowest BCUT2D eigenvalue weighted by molar-refractivity contribution is -0.222. The van der Waals surface area contributed by atoms with E-state index >= 15 is 0 Å². The van der Waals surface area contributed by atoms with Crippen molar-refractivity contribution in [1.29, 1.82) is 0 Å². The minimum Gasteiger partial charge on any atom is -0.497 e. The van der Waals surface area contributed by atoms with Crippen LogP contribution in [0.3, 0.4) is 0 Å². The first-order valence-electron chi connectivity index (χ1n) is 11.1. The van der Waals surface area contributed by atoms with Gasteiger partial charge >= 0.3 is 11.9 Å². The predicted molar refractivity (Wildman–Crippen MR) is 140 cm³/mol. The van der Waals surface area contributed by atoms with Gasteiger partial charge in [-0.2, -0.15) is 10.2 Å². The molecule has 1 heterocycles. The Hall–Kier alpha value is -4.67. The van der Waals surface area contributed by atoms with Crippen LogP contribution in [0, 0.1) is 0 Å². The molecule has 196 valence electrons. The van der Waals surface area contributed by atoms with E-state index in [0.29, 0.717) is 17.7 Å². The molecule has 2 N–H and O–H groups in total. The van der Waals surface area contributed by atoms with E-state index in [1.165, 1.54) is 19.9 Å². The third-order valence-corrected chi connectivity index (χ3v) is 4.54. The fraction of sp³-hybridized carbons (Fsp3) is 0.269. The molecule has 3 rings (SSSR count). The van der Waals surface area contributed by atoms with E-state index in [2.05, 4.69) is 21.1 Å². The van der Waals surface area contributed by atoms with Crippen LogP contribution in [-0.4, -0.2) is 49.7 Å². The fourth-order valence-electron chi connectivity index (χ4n) is 2.68. The van der Waals surface area contributed by atoms with Crippen LogP contribution >= 0.6 is 0 Å². The van der Waals surface area contributed by atoms with Gasteiger partial charge in [0.15, 0.2) is 6.29 Å². The number of hydrazone groups is 2. The maximum atomic E-state index is 11.8. The van der Waals surface area contributed by atoms with E-state index in [0.717, 1.165) is 22.9 Å². The van der Waals surface area contributed by atoms with Crippen molar-refractivity contribution in [3.05, 3.63) is 60.2 Å². The lowest BCUT2D eigenvalue weighted by Crippen LogP contribution is -2.42. The molecule has 0 spiro atoms. The highest BCUT2D eigenvalue weighted by Crippen LogP contribution is 2.22. The van der Waals surface area contributed by atoms with Crippen molar-refractivity contribution in [3.8, 4) is 11.5 Å². The van der Waals surface area contributed by atoms with Gasteiger partial charge in [0, 0.05) is 13.8 Å². The number of allylic oxidation sites excluding steroid dienone is 1. The molecule has 0 bridgehead atoms. The van der Waals surface area contributed by atoms with Crippen LogP contribution in [0.5, 0.6) is 11.5 Å². The molecule has 2 aromatic rings. The van der Waals surface area contributed by atoms with E-state index in [1.54, 1.807) is 52.3 Å². The smallest absolute Gasteiger partial charge is 0.348 e. The van der Waals surface area contributed by atoms with Crippen molar-refractivity contribution in [2.75, 3.05) is 25.1 Å². The molecule has 1 aliphatic heterocycles. The molecule has 11 nitrogen and oxygen atoms in total. The highest BCUT2D eigenvalue weighted by molar-refractivity contribution is 6.27. The lowest BCUT2D eigenvalue weighted by Gasteiger charge is -2.29. The molecule has 0 aliphatic carbocycles. The average molecular weight is 511 g/mol. The summed E-state index contributed by atoms with van der Waals surface area (Å²) in [5.74, 6) is -1.20. The van der Waals surface area contributed by atoms with Gasteiger partial charge in [-0.05, 0) is 68.5 Å². The molecule has 11 heteroatoms. The maximum Gasteiger partial charge on any atom is 0.348 e. The summed E-state index contributed by atoms with van der Waals surface area (Å²) in [7, 11) is 3.19. The minimum atomic E-state index is -1.25. The molecule has 0 aromatic heterocycles. The van der Waals surface area contributed by atoms with Gasteiger partial charge in [-0.1, -0.05) is 0 Å². The van der Waals surface area contributed by atoms with E-state index < -0.39 is 17.7 Å². The number of cyclic esters (lactones) is 2. The van der Waals surface area contributed by atoms with E-state index in [4.69, 9.17) is 18.9 Å². The normalized spacial score (nSPS) is 14.8. The SMILES string of the molecule is COc1ccc(N/N=C(/C)C=C2C(=O)OC(C)(C)OC2=O)cc1.COc1ccc(N/N=C(/C)C=O)cc1. The number of anilines is 2. The summed E-state index contributed by atoms with van der Waals surface area (Å²) in [5.41, 5.74) is 7.74. The Labute approximate surface area is 215 Å². The molecule has 37 heavy (non-hydrogen) atoms. The summed E-state index contributed by atoms with van der Waals surface area (Å²) in [5, 5.41) is 7.91. The zero-order valence-electron chi connectivity index (χ0n) is 21.5. The second kappa shape index (κ2) is 13.4. The molecular weight excluding hydrogens is 480 g/mol. The van der Waals surface area contributed by atoms with Crippen LogP contribution in [-0.2, 0) is 23.9 Å². The number of nitrogens with one attached hydrogen (secondary N) is 2. The molecule has 0 unspecified atom stereocenters. The zero-order chi connectivity index (χ0) is 27.4. The number of ether oxygens (including phenoxy) is 4. The van der Waals surface area contributed by atoms with Crippen LogP contribution in [0.15, 0.2) is 70.4 Å². The van der Waals surface area contributed by atoms with Gasteiger partial charge in [0.25, 0.3) is 5.79 Å². The van der Waals surface area contributed by atoms with Crippen LogP contribution < -0.4 is 20.3 Å². The second-order valence-electron chi connectivity index (χ2n) is 8.04. The van der Waals surface area contributed by atoms with Gasteiger partial charge in [-0.15, -0.1) is 0 Å². The number of carbonyl (C=O) groups excluding carboxylic acids is 3. The predicted octanol–water partition coefficient (Wildman–Crippen LogP) is 3.93. The summed E-state index contributed by atoms with van der Waals surface area (Å²) in [6.45, 7) is 6.25. The summed E-state index contributed by atoms with van der Waals surface area (Å²) >= 11 is 0. The van der Waals surface area contributed by atoms with Crippen LogP contribution in [0.25, 0.3) is 0 Å². The first kappa shape index (κ1) is 28.6. The molecule has 1 aliphatic rings.